The Morgan fingerprint density at radius 1 is 0.875 bits per heavy atom. The highest BCUT2D eigenvalue weighted by molar-refractivity contribution is 5.94. The summed E-state index contributed by atoms with van der Waals surface area (Å²) in [5, 5.41) is 0. The van der Waals surface area contributed by atoms with Gasteiger partial charge in [-0.25, -0.2) is 9.18 Å². The molecule has 5 rings (SSSR count). The third kappa shape index (κ3) is 3.78. The monoisotopic (exact) mass is 438 g/mol. The number of benzene rings is 1. The second-order valence-corrected chi connectivity index (χ2v) is 8.91. The van der Waals surface area contributed by atoms with Crippen LogP contribution in [0.5, 0.6) is 0 Å². The Balaban J connectivity index is 1.11. The number of nitrogens with zero attached hydrogens (tertiary/aromatic N) is 4. The summed E-state index contributed by atoms with van der Waals surface area (Å²) in [6.45, 7) is 3.03. The summed E-state index contributed by atoms with van der Waals surface area (Å²) in [6, 6.07) is 9.66. The second-order valence-electron chi connectivity index (χ2n) is 8.91. The molecule has 0 N–H and O–H groups in total. The van der Waals surface area contributed by atoms with E-state index in [1.807, 2.05) is 28.1 Å². The van der Waals surface area contributed by atoms with Gasteiger partial charge >= 0.3 is 6.03 Å². The predicted molar refractivity (Wildman–Crippen MR) is 115 cm³/mol. The molecule has 1 aromatic carbocycles. The number of aromatic nitrogens is 1. The molecule has 32 heavy (non-hydrogen) atoms. The first-order valence-corrected chi connectivity index (χ1v) is 11.3. The van der Waals surface area contributed by atoms with Gasteiger partial charge in [0.2, 0.25) is 5.91 Å². The van der Waals surface area contributed by atoms with Gasteiger partial charge in [0.25, 0.3) is 5.91 Å². The molecule has 0 atom stereocenters. The van der Waals surface area contributed by atoms with E-state index < -0.39 is 0 Å². The first-order valence-electron chi connectivity index (χ1n) is 11.3. The van der Waals surface area contributed by atoms with Gasteiger partial charge in [-0.2, -0.15) is 0 Å². The minimum atomic E-state index is -0.363. The molecule has 0 bridgehead atoms. The zero-order valence-electron chi connectivity index (χ0n) is 18.0. The number of hydrogen-bond donors (Lipinski definition) is 0. The van der Waals surface area contributed by atoms with Crippen LogP contribution >= 0.6 is 0 Å². The quantitative estimate of drug-likeness (QED) is 0.740. The Morgan fingerprint density at radius 2 is 1.53 bits per heavy atom. The summed E-state index contributed by atoms with van der Waals surface area (Å²) in [6.07, 6.45) is 4.69. The lowest BCUT2D eigenvalue weighted by Gasteiger charge is -2.39. The Morgan fingerprint density at radius 3 is 2.19 bits per heavy atom. The number of fused-ring (bicyclic) bond motifs is 1. The van der Waals surface area contributed by atoms with Crippen molar-refractivity contribution in [3.63, 3.8) is 0 Å². The maximum atomic E-state index is 13.1. The van der Waals surface area contributed by atoms with E-state index in [4.69, 9.17) is 0 Å². The molecule has 3 aliphatic heterocycles. The summed E-state index contributed by atoms with van der Waals surface area (Å²) in [5.74, 6) is -0.384. The summed E-state index contributed by atoms with van der Waals surface area (Å²) in [5.41, 5.74) is 1.50. The number of carbonyl (C=O) groups is 3. The number of piperidine rings is 2. The van der Waals surface area contributed by atoms with Gasteiger partial charge in [0.15, 0.2) is 0 Å². The molecule has 0 spiro atoms. The highest BCUT2D eigenvalue weighted by atomic mass is 19.1. The van der Waals surface area contributed by atoms with Crippen molar-refractivity contribution in [2.45, 2.75) is 38.3 Å². The smallest absolute Gasteiger partial charge is 0.329 e. The third-order valence-electron chi connectivity index (χ3n) is 7.06. The van der Waals surface area contributed by atoms with Gasteiger partial charge in [-0.05, 0) is 62.1 Å². The number of rotatable bonds is 3. The van der Waals surface area contributed by atoms with Crippen LogP contribution in [0.25, 0.3) is 0 Å². The average molecular weight is 439 g/mol. The van der Waals surface area contributed by atoms with E-state index in [2.05, 4.69) is 0 Å². The van der Waals surface area contributed by atoms with E-state index in [0.29, 0.717) is 51.1 Å². The summed E-state index contributed by atoms with van der Waals surface area (Å²) >= 11 is 0. The molecule has 2 fully saturated rings. The predicted octanol–water partition coefficient (Wildman–Crippen LogP) is 2.95. The van der Waals surface area contributed by atoms with Gasteiger partial charge in [0.05, 0.1) is 6.54 Å². The van der Waals surface area contributed by atoms with Crippen molar-refractivity contribution in [3.8, 4) is 0 Å². The standard InChI is InChI=1S/C24H27FN4O3/c25-19-5-3-17(4-6-19)22(30)26-12-7-18(8-13-26)23(31)27-14-9-20(10-15-27)29-16-21-2-1-11-28(21)24(29)32/h1-6,11,18,20H,7-10,12-16H2. The van der Waals surface area contributed by atoms with Crippen LogP contribution in [0.15, 0.2) is 42.6 Å². The summed E-state index contributed by atoms with van der Waals surface area (Å²) in [4.78, 5) is 43.9. The molecule has 0 aliphatic carbocycles. The van der Waals surface area contributed by atoms with E-state index in [1.165, 1.54) is 24.3 Å². The Labute approximate surface area is 186 Å². The highest BCUT2D eigenvalue weighted by Crippen LogP contribution is 2.27. The molecule has 0 unspecified atom stereocenters. The van der Waals surface area contributed by atoms with Crippen LogP contribution in [0.1, 0.15) is 41.7 Å². The van der Waals surface area contributed by atoms with Gasteiger partial charge in [-0.1, -0.05) is 0 Å². The van der Waals surface area contributed by atoms with Gasteiger partial charge in [-0.15, -0.1) is 0 Å². The maximum Gasteiger partial charge on any atom is 0.329 e. The molecule has 2 saturated heterocycles. The van der Waals surface area contributed by atoms with E-state index >= 15 is 0 Å². The number of hydrogen-bond acceptors (Lipinski definition) is 3. The lowest BCUT2D eigenvalue weighted by molar-refractivity contribution is -0.138. The van der Waals surface area contributed by atoms with Crippen molar-refractivity contribution in [1.29, 1.82) is 0 Å². The molecule has 168 valence electrons. The van der Waals surface area contributed by atoms with Gasteiger partial charge in [-0.3, -0.25) is 14.2 Å². The molecule has 2 aromatic rings. The van der Waals surface area contributed by atoms with Gasteiger partial charge in [0.1, 0.15) is 5.82 Å². The topological polar surface area (TPSA) is 65.9 Å². The van der Waals surface area contributed by atoms with Crippen LogP contribution in [0.2, 0.25) is 0 Å². The van der Waals surface area contributed by atoms with Crippen molar-refractivity contribution < 1.29 is 18.8 Å². The van der Waals surface area contributed by atoms with Crippen molar-refractivity contribution in [1.82, 2.24) is 19.3 Å². The third-order valence-corrected chi connectivity index (χ3v) is 7.06. The van der Waals surface area contributed by atoms with Gasteiger partial charge in [0, 0.05) is 55.6 Å². The fourth-order valence-electron chi connectivity index (χ4n) is 5.16. The number of carbonyl (C=O) groups excluding carboxylic acids is 3. The molecule has 3 amide bonds. The van der Waals surface area contributed by atoms with Crippen molar-refractivity contribution in [2.24, 2.45) is 5.92 Å². The second kappa shape index (κ2) is 8.41. The molecule has 1 aromatic heterocycles. The van der Waals surface area contributed by atoms with Crippen LogP contribution in [-0.4, -0.2) is 69.3 Å². The molecule has 4 heterocycles. The Kier molecular flexibility index (Phi) is 5.45. The van der Waals surface area contributed by atoms with Crippen LogP contribution in [0.4, 0.5) is 9.18 Å². The lowest BCUT2D eigenvalue weighted by Crippen LogP contribution is -2.50. The molecule has 0 saturated carbocycles. The van der Waals surface area contributed by atoms with Crippen molar-refractivity contribution >= 4 is 17.8 Å². The fourth-order valence-corrected chi connectivity index (χ4v) is 5.16. The zero-order chi connectivity index (χ0) is 22.2. The van der Waals surface area contributed by atoms with E-state index in [-0.39, 0.29) is 35.6 Å². The Bertz CT molecular complexity index is 1020. The summed E-state index contributed by atoms with van der Waals surface area (Å²) < 4.78 is 14.8. The van der Waals surface area contributed by atoms with Crippen LogP contribution in [0, 0.1) is 11.7 Å². The van der Waals surface area contributed by atoms with Crippen LogP contribution in [0.3, 0.4) is 0 Å². The molecule has 7 nitrogen and oxygen atoms in total. The van der Waals surface area contributed by atoms with Crippen molar-refractivity contribution in [2.75, 3.05) is 26.2 Å². The highest BCUT2D eigenvalue weighted by Gasteiger charge is 2.37. The average Bonchev–Trinajstić information content (AvgIpc) is 3.42. The minimum Gasteiger partial charge on any atom is -0.342 e. The largest absolute Gasteiger partial charge is 0.342 e. The van der Waals surface area contributed by atoms with E-state index in [0.717, 1.165) is 18.5 Å². The SMILES string of the molecule is O=C(c1ccc(F)cc1)N1CCC(C(=O)N2CCC(N3Cc4cccn4C3=O)CC2)CC1. The van der Waals surface area contributed by atoms with E-state index in [9.17, 15) is 18.8 Å². The molecular formula is C24H27FN4O3. The molecule has 8 heteroatoms. The van der Waals surface area contributed by atoms with Crippen LogP contribution < -0.4 is 0 Å². The number of amides is 3. The first kappa shape index (κ1) is 20.7. The maximum absolute atomic E-state index is 13.1. The summed E-state index contributed by atoms with van der Waals surface area (Å²) in [7, 11) is 0. The minimum absolute atomic E-state index is 0.0352. The van der Waals surface area contributed by atoms with Crippen LogP contribution in [-0.2, 0) is 11.3 Å². The zero-order valence-corrected chi connectivity index (χ0v) is 18.0. The lowest BCUT2D eigenvalue weighted by atomic mass is 9.93. The first-order chi connectivity index (χ1) is 15.5. The van der Waals surface area contributed by atoms with Gasteiger partial charge < -0.3 is 14.7 Å². The van der Waals surface area contributed by atoms with Crippen molar-refractivity contribution in [3.05, 3.63) is 59.7 Å². The molecule has 0 radical (unpaired) electrons. The number of halogens is 1. The number of likely N-dealkylation sites (tertiary alicyclic amines) is 2. The van der Waals surface area contributed by atoms with E-state index in [1.54, 1.807) is 9.47 Å². The Hall–Kier alpha value is -3.16. The normalized spacial score (nSPS) is 20.0. The molecule has 3 aliphatic rings. The molecular weight excluding hydrogens is 411 g/mol. The fraction of sp³-hybridized carbons (Fsp3) is 0.458.